The second-order valence-electron chi connectivity index (χ2n) is 6.19. The minimum atomic E-state index is -0.112. The van der Waals surface area contributed by atoms with Crippen LogP contribution in [-0.2, 0) is 4.79 Å². The molecule has 0 saturated heterocycles. The van der Waals surface area contributed by atoms with E-state index in [9.17, 15) is 9.59 Å². The summed E-state index contributed by atoms with van der Waals surface area (Å²) < 4.78 is 0. The molecular weight excluding hydrogens is 302 g/mol. The Morgan fingerprint density at radius 3 is 2.38 bits per heavy atom. The number of carbonyl (C=O) groups is 2. The van der Waals surface area contributed by atoms with Crippen molar-refractivity contribution in [2.75, 3.05) is 25.0 Å². The molecule has 0 aliphatic carbocycles. The molecule has 24 heavy (non-hydrogen) atoms. The van der Waals surface area contributed by atoms with E-state index >= 15 is 0 Å². The summed E-state index contributed by atoms with van der Waals surface area (Å²) in [6, 6.07) is 7.21. The van der Waals surface area contributed by atoms with E-state index < -0.39 is 0 Å². The number of benzene rings is 1. The van der Waals surface area contributed by atoms with Crippen molar-refractivity contribution in [1.82, 2.24) is 10.2 Å². The molecule has 5 heteroatoms. The number of nitrogens with zero attached hydrogens (tertiary/aromatic N) is 1. The van der Waals surface area contributed by atoms with Crippen LogP contribution in [0.4, 0.5) is 5.69 Å². The highest BCUT2D eigenvalue weighted by atomic mass is 16.2. The number of amides is 2. The molecule has 0 fully saturated rings. The molecule has 0 saturated carbocycles. The van der Waals surface area contributed by atoms with Crippen molar-refractivity contribution < 1.29 is 9.59 Å². The third kappa shape index (κ3) is 7.13. The van der Waals surface area contributed by atoms with Crippen LogP contribution >= 0.6 is 0 Å². The van der Waals surface area contributed by atoms with Gasteiger partial charge in [0.05, 0.1) is 6.54 Å². The standard InChI is InChI=1S/C19H31N3O2/c1-5-11-22(12-6-2)14-18(23)21-17-10-8-9-16(13-17)19(24)20-15(4)7-3/h8-10,13,15H,5-7,11-12,14H2,1-4H3,(H,20,24)(H,21,23). The van der Waals surface area contributed by atoms with Gasteiger partial charge in [-0.25, -0.2) is 0 Å². The molecular formula is C19H31N3O2. The fraction of sp³-hybridized carbons (Fsp3) is 0.579. The zero-order valence-electron chi connectivity index (χ0n) is 15.4. The van der Waals surface area contributed by atoms with Crippen LogP contribution in [-0.4, -0.2) is 42.4 Å². The molecule has 134 valence electrons. The van der Waals surface area contributed by atoms with Crippen LogP contribution in [0.25, 0.3) is 0 Å². The third-order valence-electron chi connectivity index (χ3n) is 3.85. The molecule has 2 amide bonds. The lowest BCUT2D eigenvalue weighted by molar-refractivity contribution is -0.117. The van der Waals surface area contributed by atoms with Crippen LogP contribution in [0.1, 0.15) is 57.3 Å². The molecule has 0 radical (unpaired) electrons. The van der Waals surface area contributed by atoms with Crippen molar-refractivity contribution in [2.24, 2.45) is 0 Å². The summed E-state index contributed by atoms with van der Waals surface area (Å²) >= 11 is 0. The molecule has 0 bridgehead atoms. The van der Waals surface area contributed by atoms with E-state index in [-0.39, 0.29) is 17.9 Å². The molecule has 5 nitrogen and oxygen atoms in total. The lowest BCUT2D eigenvalue weighted by Gasteiger charge is -2.20. The van der Waals surface area contributed by atoms with Gasteiger partial charge < -0.3 is 10.6 Å². The summed E-state index contributed by atoms with van der Waals surface area (Å²) in [5.74, 6) is -0.157. The van der Waals surface area contributed by atoms with Gasteiger partial charge in [-0.2, -0.15) is 0 Å². The molecule has 1 rings (SSSR count). The van der Waals surface area contributed by atoms with E-state index in [1.54, 1.807) is 18.2 Å². The van der Waals surface area contributed by atoms with Gasteiger partial charge in [-0.15, -0.1) is 0 Å². The minimum Gasteiger partial charge on any atom is -0.350 e. The van der Waals surface area contributed by atoms with Crippen molar-refractivity contribution in [3.8, 4) is 0 Å². The van der Waals surface area contributed by atoms with Crippen LogP contribution in [0, 0.1) is 0 Å². The fourth-order valence-electron chi connectivity index (χ4n) is 2.45. The number of anilines is 1. The van der Waals surface area contributed by atoms with Crippen molar-refractivity contribution in [2.45, 2.75) is 53.0 Å². The first-order valence-corrected chi connectivity index (χ1v) is 8.93. The molecule has 2 N–H and O–H groups in total. The molecule has 0 aliphatic rings. The second kappa shape index (κ2) is 10.8. The van der Waals surface area contributed by atoms with Crippen molar-refractivity contribution in [3.63, 3.8) is 0 Å². The number of rotatable bonds is 10. The van der Waals surface area contributed by atoms with Gasteiger partial charge in [-0.3, -0.25) is 14.5 Å². The average molecular weight is 333 g/mol. The van der Waals surface area contributed by atoms with E-state index in [0.717, 1.165) is 32.4 Å². The molecule has 1 aromatic rings. The van der Waals surface area contributed by atoms with Gasteiger partial charge in [0.25, 0.3) is 5.91 Å². The number of hydrogen-bond donors (Lipinski definition) is 2. The Labute approximate surface area is 145 Å². The van der Waals surface area contributed by atoms with E-state index in [4.69, 9.17) is 0 Å². The van der Waals surface area contributed by atoms with Gasteiger partial charge in [0.15, 0.2) is 0 Å². The first-order valence-electron chi connectivity index (χ1n) is 8.93. The maximum atomic E-state index is 12.2. The molecule has 0 spiro atoms. The lowest BCUT2D eigenvalue weighted by Crippen LogP contribution is -2.34. The third-order valence-corrected chi connectivity index (χ3v) is 3.85. The highest BCUT2D eigenvalue weighted by molar-refractivity contribution is 5.97. The number of carbonyl (C=O) groups excluding carboxylic acids is 2. The van der Waals surface area contributed by atoms with E-state index in [1.165, 1.54) is 0 Å². The average Bonchev–Trinajstić information content (AvgIpc) is 2.55. The van der Waals surface area contributed by atoms with Crippen molar-refractivity contribution in [1.29, 1.82) is 0 Å². The maximum Gasteiger partial charge on any atom is 0.251 e. The fourth-order valence-corrected chi connectivity index (χ4v) is 2.45. The Balaban J connectivity index is 2.66. The molecule has 1 atom stereocenters. The van der Waals surface area contributed by atoms with E-state index in [1.807, 2.05) is 19.9 Å². The van der Waals surface area contributed by atoms with E-state index in [0.29, 0.717) is 17.8 Å². The minimum absolute atomic E-state index is 0.0450. The van der Waals surface area contributed by atoms with E-state index in [2.05, 4.69) is 29.4 Å². The number of hydrogen-bond acceptors (Lipinski definition) is 3. The van der Waals surface area contributed by atoms with Gasteiger partial charge in [-0.05, 0) is 57.5 Å². The van der Waals surface area contributed by atoms with Crippen LogP contribution in [0.2, 0.25) is 0 Å². The quantitative estimate of drug-likeness (QED) is 0.691. The van der Waals surface area contributed by atoms with Crippen molar-refractivity contribution >= 4 is 17.5 Å². The first-order chi connectivity index (χ1) is 11.5. The van der Waals surface area contributed by atoms with Crippen LogP contribution in [0.3, 0.4) is 0 Å². The molecule has 1 unspecified atom stereocenters. The van der Waals surface area contributed by atoms with Crippen LogP contribution in [0.5, 0.6) is 0 Å². The van der Waals surface area contributed by atoms with Gasteiger partial charge in [-0.1, -0.05) is 26.8 Å². The Hall–Kier alpha value is -1.88. The van der Waals surface area contributed by atoms with Gasteiger partial charge in [0.1, 0.15) is 0 Å². The Bertz CT molecular complexity index is 525. The zero-order chi connectivity index (χ0) is 17.9. The zero-order valence-corrected chi connectivity index (χ0v) is 15.4. The monoisotopic (exact) mass is 333 g/mol. The summed E-state index contributed by atoms with van der Waals surface area (Å²) in [6.45, 7) is 10.4. The smallest absolute Gasteiger partial charge is 0.251 e. The Kier molecular flexibility index (Phi) is 9.08. The Morgan fingerprint density at radius 1 is 1.12 bits per heavy atom. The molecule has 1 aromatic carbocycles. The summed E-state index contributed by atoms with van der Waals surface area (Å²) in [4.78, 5) is 26.5. The molecule has 0 heterocycles. The lowest BCUT2D eigenvalue weighted by atomic mass is 10.1. The highest BCUT2D eigenvalue weighted by Gasteiger charge is 2.12. The first kappa shape index (κ1) is 20.2. The summed E-state index contributed by atoms with van der Waals surface area (Å²) in [7, 11) is 0. The summed E-state index contributed by atoms with van der Waals surface area (Å²) in [6.07, 6.45) is 2.93. The topological polar surface area (TPSA) is 61.4 Å². The van der Waals surface area contributed by atoms with Gasteiger partial charge >= 0.3 is 0 Å². The Morgan fingerprint density at radius 2 is 1.79 bits per heavy atom. The molecule has 0 aliphatic heterocycles. The van der Waals surface area contributed by atoms with Gasteiger partial charge in [0, 0.05) is 17.3 Å². The summed E-state index contributed by atoms with van der Waals surface area (Å²) in [5.41, 5.74) is 1.22. The van der Waals surface area contributed by atoms with Crippen molar-refractivity contribution in [3.05, 3.63) is 29.8 Å². The SMILES string of the molecule is CCCN(CCC)CC(=O)Nc1cccc(C(=O)NC(C)CC)c1. The molecule has 0 aromatic heterocycles. The summed E-state index contributed by atoms with van der Waals surface area (Å²) in [5, 5.41) is 5.82. The second-order valence-corrected chi connectivity index (χ2v) is 6.19. The highest BCUT2D eigenvalue weighted by Crippen LogP contribution is 2.11. The predicted molar refractivity (Wildman–Crippen MR) is 99.3 cm³/mol. The van der Waals surface area contributed by atoms with Crippen LogP contribution in [0.15, 0.2) is 24.3 Å². The van der Waals surface area contributed by atoms with Crippen LogP contribution < -0.4 is 10.6 Å². The van der Waals surface area contributed by atoms with Gasteiger partial charge in [0.2, 0.25) is 5.91 Å². The maximum absolute atomic E-state index is 12.2. The predicted octanol–water partition coefficient (Wildman–Crippen LogP) is 3.28. The number of nitrogens with one attached hydrogen (secondary N) is 2. The normalized spacial score (nSPS) is 12.0. The largest absolute Gasteiger partial charge is 0.350 e.